The first kappa shape index (κ1) is 14.2. The van der Waals surface area contributed by atoms with E-state index in [1.807, 2.05) is 4.90 Å². The van der Waals surface area contributed by atoms with Crippen LogP contribution in [0.25, 0.3) is 0 Å². The predicted octanol–water partition coefficient (Wildman–Crippen LogP) is 0.593. The van der Waals surface area contributed by atoms with E-state index in [0.717, 1.165) is 25.9 Å². The molecular weight excluding hydrogens is 275 g/mol. The van der Waals surface area contributed by atoms with Crippen molar-refractivity contribution in [3.05, 3.63) is 18.2 Å². The molecule has 1 N–H and O–H groups in total. The second kappa shape index (κ2) is 5.93. The summed E-state index contributed by atoms with van der Waals surface area (Å²) in [4.78, 5) is 21.9. The maximum Gasteiger partial charge on any atom is 0.225 e. The Morgan fingerprint density at radius 3 is 2.95 bits per heavy atom. The van der Waals surface area contributed by atoms with Crippen molar-refractivity contribution in [1.82, 2.24) is 15.3 Å². The number of fused-ring (bicyclic) bond motifs is 1. The fourth-order valence-corrected chi connectivity index (χ4v) is 3.17. The van der Waals surface area contributed by atoms with Crippen molar-refractivity contribution >= 4 is 11.9 Å². The summed E-state index contributed by atoms with van der Waals surface area (Å²) in [6, 6.07) is 0. The number of hydrogen-bond acceptors (Lipinski definition) is 5. The van der Waals surface area contributed by atoms with Crippen molar-refractivity contribution in [1.29, 1.82) is 0 Å². The number of anilines is 1. The van der Waals surface area contributed by atoms with Gasteiger partial charge in [0.25, 0.3) is 0 Å². The van der Waals surface area contributed by atoms with Crippen LogP contribution in [-0.2, 0) is 9.53 Å². The first-order valence-corrected chi connectivity index (χ1v) is 7.23. The van der Waals surface area contributed by atoms with Crippen LogP contribution in [-0.4, -0.2) is 48.7 Å². The van der Waals surface area contributed by atoms with Gasteiger partial charge in [0.1, 0.15) is 0 Å². The molecule has 0 radical (unpaired) electrons. The Labute approximate surface area is 122 Å². The Bertz CT molecular complexity index is 510. The second-order valence-electron chi connectivity index (χ2n) is 5.61. The number of carbonyl (C=O) groups is 1. The van der Waals surface area contributed by atoms with E-state index < -0.39 is 5.82 Å². The van der Waals surface area contributed by atoms with E-state index in [1.54, 1.807) is 7.05 Å². The van der Waals surface area contributed by atoms with Gasteiger partial charge in [-0.3, -0.25) is 4.79 Å². The van der Waals surface area contributed by atoms with Crippen LogP contribution in [0.15, 0.2) is 12.4 Å². The van der Waals surface area contributed by atoms with Crippen molar-refractivity contribution in [3.63, 3.8) is 0 Å². The van der Waals surface area contributed by atoms with E-state index in [9.17, 15) is 9.18 Å². The second-order valence-corrected chi connectivity index (χ2v) is 5.61. The van der Waals surface area contributed by atoms with Gasteiger partial charge < -0.3 is 15.0 Å². The minimum atomic E-state index is -0.436. The average Bonchev–Trinajstić information content (AvgIpc) is 2.53. The Balaban J connectivity index is 1.67. The largest absolute Gasteiger partial charge is 0.377 e. The van der Waals surface area contributed by atoms with Crippen LogP contribution in [0.2, 0.25) is 0 Å². The van der Waals surface area contributed by atoms with E-state index in [4.69, 9.17) is 4.74 Å². The van der Waals surface area contributed by atoms with Crippen LogP contribution >= 0.6 is 0 Å². The standard InChI is InChI=1S/C14H19FN4O2/c1-16-13(20)10-4-9-7-19(3-2-12(9)21-8-10)14-17-5-11(15)6-18-14/h5-6,9-10,12H,2-4,7-8H2,1H3,(H,16,20)/t9-,10-,12+/m1/s1. The van der Waals surface area contributed by atoms with Crippen LogP contribution in [0.5, 0.6) is 0 Å². The van der Waals surface area contributed by atoms with Crippen LogP contribution < -0.4 is 10.2 Å². The van der Waals surface area contributed by atoms with Gasteiger partial charge in [0.2, 0.25) is 11.9 Å². The van der Waals surface area contributed by atoms with Gasteiger partial charge in [-0.2, -0.15) is 0 Å². The van der Waals surface area contributed by atoms with Crippen LogP contribution in [0, 0.1) is 17.7 Å². The highest BCUT2D eigenvalue weighted by atomic mass is 19.1. The number of rotatable bonds is 2. The summed E-state index contributed by atoms with van der Waals surface area (Å²) < 4.78 is 18.7. The SMILES string of the molecule is CNC(=O)[C@H]1CO[C@H]2CCN(c3ncc(F)cn3)C[C@H]2C1. The summed E-state index contributed by atoms with van der Waals surface area (Å²) in [5.41, 5.74) is 0. The molecule has 21 heavy (non-hydrogen) atoms. The molecule has 3 heterocycles. The molecule has 3 rings (SSSR count). The molecule has 0 aromatic carbocycles. The number of aromatic nitrogens is 2. The molecule has 0 unspecified atom stereocenters. The number of nitrogens with zero attached hydrogens (tertiary/aromatic N) is 3. The van der Waals surface area contributed by atoms with E-state index in [2.05, 4.69) is 15.3 Å². The van der Waals surface area contributed by atoms with Crippen LogP contribution in [0.4, 0.5) is 10.3 Å². The van der Waals surface area contributed by atoms with E-state index in [1.165, 1.54) is 12.4 Å². The quantitative estimate of drug-likeness (QED) is 0.865. The van der Waals surface area contributed by atoms with E-state index >= 15 is 0 Å². The fourth-order valence-electron chi connectivity index (χ4n) is 3.17. The molecule has 3 atom stereocenters. The van der Waals surface area contributed by atoms with Crippen molar-refractivity contribution in [2.45, 2.75) is 18.9 Å². The lowest BCUT2D eigenvalue weighted by molar-refractivity contribution is -0.135. The minimum Gasteiger partial charge on any atom is -0.377 e. The maximum absolute atomic E-state index is 12.9. The summed E-state index contributed by atoms with van der Waals surface area (Å²) in [5.74, 6) is 0.323. The van der Waals surface area contributed by atoms with Gasteiger partial charge in [-0.25, -0.2) is 14.4 Å². The Morgan fingerprint density at radius 2 is 2.24 bits per heavy atom. The molecule has 2 aliphatic heterocycles. The summed E-state index contributed by atoms with van der Waals surface area (Å²) in [5, 5.41) is 2.68. The Hall–Kier alpha value is -1.76. The molecule has 0 saturated carbocycles. The normalized spacial score (nSPS) is 28.9. The molecule has 6 nitrogen and oxygen atoms in total. The van der Waals surface area contributed by atoms with E-state index in [0.29, 0.717) is 12.6 Å². The highest BCUT2D eigenvalue weighted by Gasteiger charge is 2.38. The third-order valence-electron chi connectivity index (χ3n) is 4.27. The smallest absolute Gasteiger partial charge is 0.225 e. The van der Waals surface area contributed by atoms with E-state index in [-0.39, 0.29) is 23.8 Å². The Kier molecular flexibility index (Phi) is 4.01. The number of hydrogen-bond donors (Lipinski definition) is 1. The molecule has 1 amide bonds. The number of halogens is 1. The lowest BCUT2D eigenvalue weighted by Crippen LogP contribution is -2.50. The zero-order valence-electron chi connectivity index (χ0n) is 12.0. The molecule has 0 bridgehead atoms. The van der Waals surface area contributed by atoms with Crippen molar-refractivity contribution < 1.29 is 13.9 Å². The average molecular weight is 294 g/mol. The zero-order valence-corrected chi connectivity index (χ0v) is 12.0. The van der Waals surface area contributed by atoms with Crippen molar-refractivity contribution in [2.75, 3.05) is 31.6 Å². The lowest BCUT2D eigenvalue weighted by atomic mass is 9.83. The first-order chi connectivity index (χ1) is 10.2. The monoisotopic (exact) mass is 294 g/mol. The molecule has 0 spiro atoms. The molecule has 1 aromatic heterocycles. The molecule has 1 aromatic rings. The van der Waals surface area contributed by atoms with Gasteiger partial charge >= 0.3 is 0 Å². The van der Waals surface area contributed by atoms with Gasteiger partial charge in [-0.15, -0.1) is 0 Å². The number of ether oxygens (including phenoxy) is 1. The molecule has 114 valence electrons. The molecule has 7 heteroatoms. The molecular formula is C14H19FN4O2. The Morgan fingerprint density at radius 1 is 1.48 bits per heavy atom. The minimum absolute atomic E-state index is 0.0311. The summed E-state index contributed by atoms with van der Waals surface area (Å²) in [6.45, 7) is 2.02. The van der Waals surface area contributed by atoms with Crippen LogP contribution in [0.1, 0.15) is 12.8 Å². The number of piperidine rings is 1. The highest BCUT2D eigenvalue weighted by molar-refractivity contribution is 5.78. The maximum atomic E-state index is 12.9. The third kappa shape index (κ3) is 2.97. The van der Waals surface area contributed by atoms with Crippen molar-refractivity contribution in [2.24, 2.45) is 11.8 Å². The highest BCUT2D eigenvalue weighted by Crippen LogP contribution is 2.32. The van der Waals surface area contributed by atoms with Crippen molar-refractivity contribution in [3.8, 4) is 0 Å². The van der Waals surface area contributed by atoms with Gasteiger partial charge in [0, 0.05) is 26.1 Å². The number of nitrogens with one attached hydrogen (secondary N) is 1. The molecule has 2 saturated heterocycles. The fraction of sp³-hybridized carbons (Fsp3) is 0.643. The molecule has 2 aliphatic rings. The van der Waals surface area contributed by atoms with Gasteiger partial charge in [0.15, 0.2) is 5.82 Å². The predicted molar refractivity (Wildman–Crippen MR) is 74.2 cm³/mol. The van der Waals surface area contributed by atoms with Gasteiger partial charge in [-0.1, -0.05) is 0 Å². The summed E-state index contributed by atoms with van der Waals surface area (Å²) >= 11 is 0. The van der Waals surface area contributed by atoms with Crippen LogP contribution in [0.3, 0.4) is 0 Å². The number of amides is 1. The molecule has 2 fully saturated rings. The summed E-state index contributed by atoms with van der Waals surface area (Å²) in [7, 11) is 1.65. The van der Waals surface area contributed by atoms with Gasteiger partial charge in [0.05, 0.1) is 31.0 Å². The first-order valence-electron chi connectivity index (χ1n) is 7.23. The lowest BCUT2D eigenvalue weighted by Gasteiger charge is -2.42. The third-order valence-corrected chi connectivity index (χ3v) is 4.27. The number of carbonyl (C=O) groups excluding carboxylic acids is 1. The van der Waals surface area contributed by atoms with Gasteiger partial charge in [-0.05, 0) is 12.8 Å². The molecule has 0 aliphatic carbocycles. The topological polar surface area (TPSA) is 67.3 Å². The zero-order chi connectivity index (χ0) is 14.8. The summed E-state index contributed by atoms with van der Waals surface area (Å²) in [6.07, 6.45) is 4.24.